The molecule has 4 heteroatoms. The minimum atomic E-state index is -0.763. The zero-order chi connectivity index (χ0) is 13.7. The van der Waals surface area contributed by atoms with E-state index < -0.39 is 6.04 Å². The molecule has 94 valence electrons. The molecule has 2 aromatic rings. The molecule has 1 N–H and O–H groups in total. The van der Waals surface area contributed by atoms with Gasteiger partial charge < -0.3 is 5.32 Å². The lowest BCUT2D eigenvalue weighted by Crippen LogP contribution is -2.27. The van der Waals surface area contributed by atoms with Crippen molar-refractivity contribution in [2.75, 3.05) is 0 Å². The highest BCUT2D eigenvalue weighted by Crippen LogP contribution is 2.22. The Balaban J connectivity index is 2.20. The Morgan fingerprint density at radius 2 is 1.74 bits per heavy atom. The monoisotopic (exact) mass is 270 g/mol. The van der Waals surface area contributed by atoms with Crippen LogP contribution in [-0.4, -0.2) is 5.91 Å². The van der Waals surface area contributed by atoms with Gasteiger partial charge in [-0.15, -0.1) is 0 Å². The highest BCUT2D eigenvalue weighted by Gasteiger charge is 2.16. The second kappa shape index (κ2) is 6.03. The Morgan fingerprint density at radius 1 is 1.11 bits per heavy atom. The summed E-state index contributed by atoms with van der Waals surface area (Å²) in [6.07, 6.45) is 0. The van der Waals surface area contributed by atoms with Gasteiger partial charge in [-0.25, -0.2) is 0 Å². The molecule has 1 amide bonds. The number of nitrogens with zero attached hydrogens (tertiary/aromatic N) is 1. The Morgan fingerprint density at radius 3 is 2.37 bits per heavy atom. The summed E-state index contributed by atoms with van der Waals surface area (Å²) < 4.78 is 0. The number of hydrogen-bond donors (Lipinski definition) is 1. The Kier molecular flexibility index (Phi) is 4.17. The number of nitriles is 1. The quantitative estimate of drug-likeness (QED) is 0.930. The van der Waals surface area contributed by atoms with E-state index in [1.165, 1.54) is 0 Å². The van der Waals surface area contributed by atoms with Crippen LogP contribution in [0.2, 0.25) is 5.02 Å². The van der Waals surface area contributed by atoms with Crippen LogP contribution in [-0.2, 0) is 0 Å². The molecule has 19 heavy (non-hydrogen) atoms. The largest absolute Gasteiger partial charge is 0.332 e. The smallest absolute Gasteiger partial charge is 0.252 e. The molecule has 2 aromatic carbocycles. The Bertz CT molecular complexity index is 620. The first-order valence-corrected chi connectivity index (χ1v) is 6.10. The van der Waals surface area contributed by atoms with Gasteiger partial charge in [0, 0.05) is 16.1 Å². The Hall–Kier alpha value is -2.31. The maximum Gasteiger partial charge on any atom is 0.252 e. The van der Waals surface area contributed by atoms with Crippen LogP contribution >= 0.6 is 11.6 Å². The van der Waals surface area contributed by atoms with Crippen LogP contribution in [0.3, 0.4) is 0 Å². The van der Waals surface area contributed by atoms with Crippen LogP contribution < -0.4 is 5.32 Å². The number of hydrogen-bond acceptors (Lipinski definition) is 2. The maximum atomic E-state index is 12.0. The molecule has 3 nitrogen and oxygen atoms in total. The van der Waals surface area contributed by atoms with Crippen LogP contribution in [0.1, 0.15) is 22.0 Å². The minimum absolute atomic E-state index is 0.299. The van der Waals surface area contributed by atoms with Crippen molar-refractivity contribution in [3.8, 4) is 6.07 Å². The summed E-state index contributed by atoms with van der Waals surface area (Å²) in [5, 5.41) is 12.3. The first-order chi connectivity index (χ1) is 9.22. The van der Waals surface area contributed by atoms with Crippen LogP contribution in [0.5, 0.6) is 0 Å². The van der Waals surface area contributed by atoms with Gasteiger partial charge in [0.25, 0.3) is 5.91 Å². The first kappa shape index (κ1) is 13.1. The van der Waals surface area contributed by atoms with Crippen molar-refractivity contribution in [3.05, 3.63) is 70.7 Å². The molecule has 0 saturated carbocycles. The molecule has 0 aliphatic heterocycles. The van der Waals surface area contributed by atoms with Crippen molar-refractivity contribution >= 4 is 17.5 Å². The second-order valence-corrected chi connectivity index (χ2v) is 4.33. The molecule has 0 aliphatic carbocycles. The fourth-order valence-electron chi connectivity index (χ4n) is 1.69. The average molecular weight is 271 g/mol. The van der Waals surface area contributed by atoms with Crippen LogP contribution in [0.25, 0.3) is 0 Å². The van der Waals surface area contributed by atoms with E-state index in [1.807, 2.05) is 12.1 Å². The molecular formula is C15H11ClN2O. The lowest BCUT2D eigenvalue weighted by molar-refractivity contribution is 0.0945. The van der Waals surface area contributed by atoms with Crippen molar-refractivity contribution in [1.82, 2.24) is 5.32 Å². The summed E-state index contributed by atoms with van der Waals surface area (Å²) in [6, 6.07) is 17.0. The number of benzene rings is 2. The average Bonchev–Trinajstić information content (AvgIpc) is 2.46. The zero-order valence-corrected chi connectivity index (χ0v) is 10.8. The van der Waals surface area contributed by atoms with Crippen molar-refractivity contribution < 1.29 is 4.79 Å². The van der Waals surface area contributed by atoms with Crippen LogP contribution in [0, 0.1) is 11.3 Å². The molecule has 1 unspecified atom stereocenters. The standard InChI is InChI=1S/C15H11ClN2O/c16-13-9-5-4-8-12(13)14(10-17)18-15(19)11-6-2-1-3-7-11/h1-9,14H,(H,18,19). The van der Waals surface area contributed by atoms with Gasteiger partial charge in [0.1, 0.15) is 6.04 Å². The Labute approximate surface area is 116 Å². The molecule has 0 spiro atoms. The van der Waals surface area contributed by atoms with Crippen molar-refractivity contribution in [2.45, 2.75) is 6.04 Å². The fraction of sp³-hybridized carbons (Fsp3) is 0.0667. The molecule has 0 radical (unpaired) electrons. The normalized spacial score (nSPS) is 11.4. The summed E-state index contributed by atoms with van der Waals surface area (Å²) in [4.78, 5) is 12.0. The summed E-state index contributed by atoms with van der Waals surface area (Å²) in [5.74, 6) is -0.299. The third-order valence-corrected chi connectivity index (χ3v) is 3.00. The van der Waals surface area contributed by atoms with Gasteiger partial charge in [-0.1, -0.05) is 48.0 Å². The lowest BCUT2D eigenvalue weighted by Gasteiger charge is -2.13. The van der Waals surface area contributed by atoms with Gasteiger partial charge >= 0.3 is 0 Å². The topological polar surface area (TPSA) is 52.9 Å². The minimum Gasteiger partial charge on any atom is -0.332 e. The van der Waals surface area contributed by atoms with Crippen LogP contribution in [0.4, 0.5) is 0 Å². The maximum absolute atomic E-state index is 12.0. The number of halogens is 1. The molecule has 0 aromatic heterocycles. The molecule has 0 aliphatic rings. The SMILES string of the molecule is N#CC(NC(=O)c1ccccc1)c1ccccc1Cl. The van der Waals surface area contributed by atoms with E-state index in [9.17, 15) is 10.1 Å². The van der Waals surface area contributed by atoms with Crippen molar-refractivity contribution in [3.63, 3.8) is 0 Å². The lowest BCUT2D eigenvalue weighted by atomic mass is 10.1. The van der Waals surface area contributed by atoms with Crippen molar-refractivity contribution in [1.29, 1.82) is 5.26 Å². The van der Waals surface area contributed by atoms with E-state index >= 15 is 0 Å². The highest BCUT2D eigenvalue weighted by molar-refractivity contribution is 6.31. The molecule has 0 saturated heterocycles. The summed E-state index contributed by atoms with van der Waals surface area (Å²) >= 11 is 6.02. The van der Waals surface area contributed by atoms with Gasteiger partial charge in [-0.2, -0.15) is 5.26 Å². The molecule has 0 bridgehead atoms. The van der Waals surface area contributed by atoms with Gasteiger partial charge in [0.05, 0.1) is 6.07 Å². The van der Waals surface area contributed by atoms with Gasteiger partial charge in [0.2, 0.25) is 0 Å². The van der Waals surface area contributed by atoms with E-state index in [0.717, 1.165) is 0 Å². The number of rotatable bonds is 3. The van der Waals surface area contributed by atoms with E-state index in [0.29, 0.717) is 16.1 Å². The summed E-state index contributed by atoms with van der Waals surface area (Å²) in [6.45, 7) is 0. The number of carbonyl (C=O) groups is 1. The van der Waals surface area contributed by atoms with Gasteiger partial charge in [0.15, 0.2) is 0 Å². The number of nitrogens with one attached hydrogen (secondary N) is 1. The van der Waals surface area contributed by atoms with E-state index in [1.54, 1.807) is 48.5 Å². The summed E-state index contributed by atoms with van der Waals surface area (Å²) in [5.41, 5.74) is 1.10. The molecule has 2 rings (SSSR count). The molecular weight excluding hydrogens is 260 g/mol. The molecule has 1 atom stereocenters. The first-order valence-electron chi connectivity index (χ1n) is 5.72. The third-order valence-electron chi connectivity index (χ3n) is 2.66. The second-order valence-electron chi connectivity index (χ2n) is 3.92. The van der Waals surface area contributed by atoms with Crippen LogP contribution in [0.15, 0.2) is 54.6 Å². The predicted octanol–water partition coefficient (Wildman–Crippen LogP) is 3.33. The van der Waals surface area contributed by atoms with Crippen molar-refractivity contribution in [2.24, 2.45) is 0 Å². The van der Waals surface area contributed by atoms with Gasteiger partial charge in [-0.3, -0.25) is 4.79 Å². The molecule has 0 fully saturated rings. The fourth-order valence-corrected chi connectivity index (χ4v) is 1.94. The van der Waals surface area contributed by atoms with E-state index in [2.05, 4.69) is 5.32 Å². The third kappa shape index (κ3) is 3.12. The highest BCUT2D eigenvalue weighted by atomic mass is 35.5. The summed E-state index contributed by atoms with van der Waals surface area (Å²) in [7, 11) is 0. The van der Waals surface area contributed by atoms with E-state index in [-0.39, 0.29) is 5.91 Å². The number of amides is 1. The zero-order valence-electron chi connectivity index (χ0n) is 10.0. The van der Waals surface area contributed by atoms with Gasteiger partial charge in [-0.05, 0) is 18.2 Å². The number of carbonyl (C=O) groups excluding carboxylic acids is 1. The predicted molar refractivity (Wildman–Crippen MR) is 73.7 cm³/mol. The molecule has 0 heterocycles. The van der Waals surface area contributed by atoms with E-state index in [4.69, 9.17) is 11.6 Å².